The van der Waals surface area contributed by atoms with Gasteiger partial charge >= 0.3 is 6.03 Å². The summed E-state index contributed by atoms with van der Waals surface area (Å²) in [6.07, 6.45) is 5.14. The average Bonchev–Trinajstić information content (AvgIpc) is 3.55. The first-order chi connectivity index (χ1) is 18.5. The van der Waals surface area contributed by atoms with Crippen LogP contribution < -0.4 is 27.0 Å². The van der Waals surface area contributed by atoms with Crippen LogP contribution in [0.25, 0.3) is 22.9 Å². The van der Waals surface area contributed by atoms with Crippen LogP contribution in [0.3, 0.4) is 0 Å². The number of benzene rings is 2. The molecule has 4 aromatic rings. The molecule has 6 rings (SSSR count). The van der Waals surface area contributed by atoms with E-state index < -0.39 is 11.9 Å². The number of nitrogens with one attached hydrogen (secondary N) is 4. The van der Waals surface area contributed by atoms with E-state index in [0.717, 1.165) is 35.1 Å². The van der Waals surface area contributed by atoms with Gasteiger partial charge in [0, 0.05) is 24.7 Å². The van der Waals surface area contributed by atoms with Gasteiger partial charge in [-0.25, -0.2) is 9.18 Å². The van der Waals surface area contributed by atoms with Crippen LogP contribution in [-0.2, 0) is 17.9 Å². The Morgan fingerprint density at radius 2 is 1.92 bits per heavy atom. The Kier molecular flexibility index (Phi) is 5.92. The van der Waals surface area contributed by atoms with Gasteiger partial charge in [-0.3, -0.25) is 10.1 Å². The first-order valence-corrected chi connectivity index (χ1v) is 12.2. The molecular weight excluding hydrogens is 489 g/mol. The van der Waals surface area contributed by atoms with Crippen molar-refractivity contribution in [2.45, 2.75) is 32.0 Å². The Labute approximate surface area is 216 Å². The summed E-state index contributed by atoms with van der Waals surface area (Å²) in [5.41, 5.74) is 10.4. The molecule has 0 bridgehead atoms. The highest BCUT2D eigenvalue weighted by Crippen LogP contribution is 2.29. The number of carbonyl (C=O) groups excluding carboxylic acids is 2. The van der Waals surface area contributed by atoms with Crippen molar-refractivity contribution < 1.29 is 14.0 Å². The van der Waals surface area contributed by atoms with E-state index in [9.17, 15) is 14.0 Å². The average molecular weight is 514 g/mol. The molecule has 3 heterocycles. The quantitative estimate of drug-likeness (QED) is 0.178. The van der Waals surface area contributed by atoms with E-state index in [1.54, 1.807) is 16.8 Å². The lowest BCUT2D eigenvalue weighted by Gasteiger charge is -2.15. The fourth-order valence-corrected chi connectivity index (χ4v) is 4.31. The maximum Gasteiger partial charge on any atom is 0.326 e. The number of carbonyl (C=O) groups is 2. The molecule has 192 valence electrons. The Bertz CT molecular complexity index is 1610. The molecule has 2 aromatic heterocycles. The lowest BCUT2D eigenvalue weighted by molar-refractivity contribution is -0.115. The maximum atomic E-state index is 14.1. The predicted octanol–water partition coefficient (Wildman–Crippen LogP) is 2.76. The van der Waals surface area contributed by atoms with Gasteiger partial charge in [-0.1, -0.05) is 30.3 Å². The molecule has 6 N–H and O–H groups in total. The van der Waals surface area contributed by atoms with Crippen LogP contribution in [-0.4, -0.2) is 37.6 Å². The molecule has 38 heavy (non-hydrogen) atoms. The number of amides is 3. The van der Waals surface area contributed by atoms with Gasteiger partial charge in [-0.15, -0.1) is 0 Å². The zero-order valence-electron chi connectivity index (χ0n) is 20.2. The number of fused-ring (bicyclic) bond motifs is 1. The van der Waals surface area contributed by atoms with E-state index in [2.05, 4.69) is 36.3 Å². The number of nitrogens with two attached hydrogens (primary N) is 1. The lowest BCUT2D eigenvalue weighted by Crippen LogP contribution is -2.22. The van der Waals surface area contributed by atoms with E-state index >= 15 is 0 Å². The topological polar surface area (TPSA) is 151 Å². The first kappa shape index (κ1) is 23.6. The fraction of sp³-hybridized carbons (Fsp3) is 0.192. The summed E-state index contributed by atoms with van der Waals surface area (Å²) >= 11 is 0. The van der Waals surface area contributed by atoms with Crippen molar-refractivity contribution >= 4 is 35.6 Å². The van der Waals surface area contributed by atoms with Gasteiger partial charge in [0.1, 0.15) is 11.5 Å². The summed E-state index contributed by atoms with van der Waals surface area (Å²) in [5, 5.41) is 15.7. The van der Waals surface area contributed by atoms with Gasteiger partial charge < -0.3 is 21.7 Å². The molecule has 12 heteroatoms. The van der Waals surface area contributed by atoms with Crippen molar-refractivity contribution in [1.82, 2.24) is 30.2 Å². The van der Waals surface area contributed by atoms with Crippen molar-refractivity contribution in [3.05, 3.63) is 76.9 Å². The maximum absolute atomic E-state index is 14.1. The molecule has 3 amide bonds. The number of hydrogen-bond acceptors (Lipinski definition) is 8. The minimum atomic E-state index is -0.583. The second-order valence-corrected chi connectivity index (χ2v) is 9.11. The number of rotatable bonds is 8. The van der Waals surface area contributed by atoms with Crippen LogP contribution in [0.4, 0.5) is 21.1 Å². The minimum absolute atomic E-state index is 0.106. The van der Waals surface area contributed by atoms with E-state index in [1.807, 2.05) is 24.3 Å². The number of anilines is 2. The molecule has 0 unspecified atom stereocenters. The third-order valence-electron chi connectivity index (χ3n) is 6.36. The van der Waals surface area contributed by atoms with E-state index in [-0.39, 0.29) is 18.1 Å². The molecule has 1 aliphatic carbocycles. The summed E-state index contributed by atoms with van der Waals surface area (Å²) in [6.45, 7) is 0.643. The van der Waals surface area contributed by atoms with Crippen LogP contribution in [0.1, 0.15) is 29.5 Å². The highest BCUT2D eigenvalue weighted by Gasteiger charge is 2.26. The normalized spacial score (nSPS) is 16.1. The molecule has 1 aliphatic heterocycles. The minimum Gasteiger partial charge on any atom is -0.351 e. The van der Waals surface area contributed by atoms with E-state index in [1.165, 1.54) is 18.2 Å². The van der Waals surface area contributed by atoms with Crippen molar-refractivity contribution in [1.29, 1.82) is 0 Å². The number of urea groups is 1. The van der Waals surface area contributed by atoms with Crippen LogP contribution in [0.5, 0.6) is 0 Å². The Morgan fingerprint density at radius 3 is 2.68 bits per heavy atom. The molecule has 11 nitrogen and oxygen atoms in total. The second-order valence-electron chi connectivity index (χ2n) is 9.11. The smallest absolute Gasteiger partial charge is 0.326 e. The largest absolute Gasteiger partial charge is 0.351 e. The fourth-order valence-electron chi connectivity index (χ4n) is 4.31. The van der Waals surface area contributed by atoms with Crippen molar-refractivity contribution in [2.75, 3.05) is 10.6 Å². The molecule has 0 atom stereocenters. The van der Waals surface area contributed by atoms with E-state index in [0.29, 0.717) is 35.7 Å². The van der Waals surface area contributed by atoms with Crippen molar-refractivity contribution in [3.8, 4) is 11.1 Å². The summed E-state index contributed by atoms with van der Waals surface area (Å²) in [6, 6.07) is 12.0. The zero-order chi connectivity index (χ0) is 26.2. The second kappa shape index (κ2) is 9.56. The van der Waals surface area contributed by atoms with Crippen LogP contribution in [0, 0.1) is 5.82 Å². The number of hydrogen-bond donors (Lipinski definition) is 5. The zero-order valence-corrected chi connectivity index (χ0v) is 20.2. The highest BCUT2D eigenvalue weighted by molar-refractivity contribution is 6.14. The highest BCUT2D eigenvalue weighted by atomic mass is 19.1. The molecule has 2 aromatic carbocycles. The SMILES string of the molecule is NCc1ccc(F)cc1-c1ccccc1CNc1nc(NC2CC2)n2ncc(/C=C3\NC(=O)NC3=O)c2n1. The third-order valence-corrected chi connectivity index (χ3v) is 6.36. The number of nitrogens with zero attached hydrogens (tertiary/aromatic N) is 4. The number of imide groups is 1. The molecule has 2 fully saturated rings. The molecule has 0 spiro atoms. The van der Waals surface area contributed by atoms with Gasteiger partial charge in [0.25, 0.3) is 5.91 Å². The predicted molar refractivity (Wildman–Crippen MR) is 139 cm³/mol. The number of halogens is 1. The Balaban J connectivity index is 1.35. The standard InChI is InChI=1S/C26H24FN9O2/c27-17-6-5-14(11-28)20(10-17)19-4-2-1-3-15(19)12-29-24-33-22-16(9-21-23(37)34-26(38)32-21)13-30-36(22)25(35-24)31-18-7-8-18/h1-6,9-10,13,18H,7-8,11-12,28H2,(H2,29,31,33,35)(H2,32,34,37,38)/b21-9-. The van der Waals surface area contributed by atoms with Gasteiger partial charge in [0.2, 0.25) is 11.9 Å². The molecular formula is C26H24FN9O2. The van der Waals surface area contributed by atoms with Crippen LogP contribution in [0.15, 0.2) is 54.4 Å². The molecule has 1 saturated carbocycles. The van der Waals surface area contributed by atoms with Gasteiger partial charge in [-0.2, -0.15) is 19.6 Å². The third kappa shape index (κ3) is 4.64. The monoisotopic (exact) mass is 513 g/mol. The summed E-state index contributed by atoms with van der Waals surface area (Å²) in [7, 11) is 0. The van der Waals surface area contributed by atoms with Crippen molar-refractivity contribution in [2.24, 2.45) is 5.73 Å². The lowest BCUT2D eigenvalue weighted by atomic mass is 9.95. The Hall–Kier alpha value is -4.84. The first-order valence-electron chi connectivity index (χ1n) is 12.2. The number of aromatic nitrogens is 4. The van der Waals surface area contributed by atoms with E-state index in [4.69, 9.17) is 5.73 Å². The van der Waals surface area contributed by atoms with Crippen molar-refractivity contribution in [3.63, 3.8) is 0 Å². The molecule has 1 saturated heterocycles. The molecule has 2 aliphatic rings. The summed E-state index contributed by atoms with van der Waals surface area (Å²) in [5.74, 6) is -0.00913. The van der Waals surface area contributed by atoms with Gasteiger partial charge in [0.15, 0.2) is 5.65 Å². The van der Waals surface area contributed by atoms with Gasteiger partial charge in [0.05, 0.1) is 6.20 Å². The summed E-state index contributed by atoms with van der Waals surface area (Å²) < 4.78 is 15.7. The van der Waals surface area contributed by atoms with Crippen LogP contribution >= 0.6 is 0 Å². The van der Waals surface area contributed by atoms with Gasteiger partial charge in [-0.05, 0) is 53.3 Å². The Morgan fingerprint density at radius 1 is 1.08 bits per heavy atom. The summed E-state index contributed by atoms with van der Waals surface area (Å²) in [4.78, 5) is 32.8. The van der Waals surface area contributed by atoms with Crippen LogP contribution in [0.2, 0.25) is 0 Å². The molecule has 0 radical (unpaired) electrons.